The van der Waals surface area contributed by atoms with Crippen LogP contribution in [0.3, 0.4) is 0 Å². The van der Waals surface area contributed by atoms with Gasteiger partial charge in [0.1, 0.15) is 5.56 Å². The second kappa shape index (κ2) is 7.53. The fourth-order valence-electron chi connectivity index (χ4n) is 2.83. The summed E-state index contributed by atoms with van der Waals surface area (Å²) in [4.78, 5) is 15.0. The third kappa shape index (κ3) is 3.69. The SMILES string of the molecule is CCCCn1c(O)c(C2=NN[C@@H](c3ccc(Br)cc3)C2)c(=O)[nH]c1=S. The van der Waals surface area contributed by atoms with Crippen LogP contribution in [0.25, 0.3) is 0 Å². The molecule has 3 N–H and O–H groups in total. The first-order chi connectivity index (χ1) is 12.0. The molecule has 0 saturated heterocycles. The number of nitrogens with zero attached hydrogens (tertiary/aromatic N) is 2. The summed E-state index contributed by atoms with van der Waals surface area (Å²) in [5.41, 5.74) is 4.43. The fraction of sp³-hybridized carbons (Fsp3) is 0.353. The maximum atomic E-state index is 12.4. The predicted molar refractivity (Wildman–Crippen MR) is 104 cm³/mol. The lowest BCUT2D eigenvalue weighted by molar-refractivity contribution is 0.398. The van der Waals surface area contributed by atoms with Gasteiger partial charge in [-0.05, 0) is 36.3 Å². The number of hydrogen-bond donors (Lipinski definition) is 3. The largest absolute Gasteiger partial charge is 0.494 e. The third-order valence-corrected chi connectivity index (χ3v) is 5.07. The zero-order valence-electron chi connectivity index (χ0n) is 13.8. The first kappa shape index (κ1) is 17.9. The van der Waals surface area contributed by atoms with Gasteiger partial charge in [-0.25, -0.2) is 0 Å². The number of nitrogens with one attached hydrogen (secondary N) is 2. The van der Waals surface area contributed by atoms with Gasteiger partial charge in [0.05, 0.1) is 11.8 Å². The summed E-state index contributed by atoms with van der Waals surface area (Å²) < 4.78 is 2.79. The lowest BCUT2D eigenvalue weighted by Gasteiger charge is -2.13. The molecule has 0 saturated carbocycles. The fourth-order valence-corrected chi connectivity index (χ4v) is 3.36. The van der Waals surface area contributed by atoms with E-state index in [-0.39, 0.29) is 22.3 Å². The minimum absolute atomic E-state index is 0.0332. The van der Waals surface area contributed by atoms with Gasteiger partial charge < -0.3 is 10.5 Å². The van der Waals surface area contributed by atoms with E-state index in [0.717, 1.165) is 22.9 Å². The third-order valence-electron chi connectivity index (χ3n) is 4.22. The number of aromatic hydroxyl groups is 1. The Hall–Kier alpha value is -1.93. The molecule has 3 rings (SSSR count). The standard InChI is InChI=1S/C17H19BrN4O2S/c1-2-3-8-22-16(24)14(15(23)19-17(22)25)13-9-12(20-21-13)10-4-6-11(18)7-5-10/h4-7,12,20,24H,2-3,8-9H2,1H3,(H,19,23,25)/t12-/m1/s1. The van der Waals surface area contributed by atoms with Crippen molar-refractivity contribution in [2.24, 2.45) is 5.10 Å². The first-order valence-electron chi connectivity index (χ1n) is 8.15. The van der Waals surface area contributed by atoms with Gasteiger partial charge in [-0.2, -0.15) is 5.10 Å². The van der Waals surface area contributed by atoms with Crippen molar-refractivity contribution in [3.63, 3.8) is 0 Å². The van der Waals surface area contributed by atoms with E-state index >= 15 is 0 Å². The summed E-state index contributed by atoms with van der Waals surface area (Å²) in [7, 11) is 0. The first-order valence-corrected chi connectivity index (χ1v) is 9.35. The van der Waals surface area contributed by atoms with Crippen molar-refractivity contribution in [3.8, 4) is 5.88 Å². The van der Waals surface area contributed by atoms with Crippen LogP contribution in [0.15, 0.2) is 38.6 Å². The van der Waals surface area contributed by atoms with E-state index in [1.807, 2.05) is 24.3 Å². The van der Waals surface area contributed by atoms with Crippen LogP contribution in [-0.2, 0) is 6.54 Å². The highest BCUT2D eigenvalue weighted by molar-refractivity contribution is 9.10. The van der Waals surface area contributed by atoms with Crippen molar-refractivity contribution in [1.29, 1.82) is 0 Å². The molecule has 1 aliphatic heterocycles. The Morgan fingerprint density at radius 3 is 2.80 bits per heavy atom. The van der Waals surface area contributed by atoms with E-state index < -0.39 is 5.56 Å². The van der Waals surface area contributed by atoms with Gasteiger partial charge in [-0.15, -0.1) is 0 Å². The molecule has 0 amide bonds. The molecule has 2 heterocycles. The van der Waals surface area contributed by atoms with Gasteiger partial charge in [0.25, 0.3) is 5.56 Å². The molecule has 1 atom stereocenters. The van der Waals surface area contributed by atoms with Crippen LogP contribution in [0.4, 0.5) is 0 Å². The van der Waals surface area contributed by atoms with Crippen LogP contribution in [0.1, 0.15) is 43.4 Å². The average molecular weight is 423 g/mol. The monoisotopic (exact) mass is 422 g/mol. The number of halogens is 1. The number of rotatable bonds is 5. The minimum Gasteiger partial charge on any atom is -0.494 e. The number of H-pyrrole nitrogens is 1. The number of aromatic amines is 1. The van der Waals surface area contributed by atoms with Crippen molar-refractivity contribution >= 4 is 33.9 Å². The van der Waals surface area contributed by atoms with Gasteiger partial charge in [-0.1, -0.05) is 41.4 Å². The van der Waals surface area contributed by atoms with E-state index in [9.17, 15) is 9.90 Å². The number of aromatic nitrogens is 2. The van der Waals surface area contributed by atoms with Crippen molar-refractivity contribution in [2.75, 3.05) is 0 Å². The molecule has 0 fully saturated rings. The second-order valence-corrected chi connectivity index (χ2v) is 7.26. The van der Waals surface area contributed by atoms with Crippen molar-refractivity contribution in [2.45, 2.75) is 38.8 Å². The average Bonchev–Trinajstić information content (AvgIpc) is 3.04. The minimum atomic E-state index is -0.410. The predicted octanol–water partition coefficient (Wildman–Crippen LogP) is 3.61. The van der Waals surface area contributed by atoms with E-state index in [0.29, 0.717) is 18.7 Å². The summed E-state index contributed by atoms with van der Waals surface area (Å²) in [5, 5.41) is 14.9. The van der Waals surface area contributed by atoms with E-state index in [4.69, 9.17) is 12.2 Å². The van der Waals surface area contributed by atoms with Crippen LogP contribution in [0.2, 0.25) is 0 Å². The highest BCUT2D eigenvalue weighted by Crippen LogP contribution is 2.27. The number of hydrazone groups is 1. The van der Waals surface area contributed by atoms with Crippen molar-refractivity contribution in [3.05, 3.63) is 55.0 Å². The van der Waals surface area contributed by atoms with Crippen LogP contribution >= 0.6 is 28.1 Å². The Morgan fingerprint density at radius 1 is 1.40 bits per heavy atom. The highest BCUT2D eigenvalue weighted by atomic mass is 79.9. The molecule has 0 radical (unpaired) electrons. The molecule has 8 heteroatoms. The van der Waals surface area contributed by atoms with Crippen LogP contribution < -0.4 is 11.0 Å². The molecule has 0 bridgehead atoms. The smallest absolute Gasteiger partial charge is 0.264 e. The zero-order chi connectivity index (χ0) is 18.0. The van der Waals surface area contributed by atoms with Crippen LogP contribution in [0.5, 0.6) is 5.88 Å². The number of unbranched alkanes of at least 4 members (excludes halogenated alkanes) is 1. The van der Waals surface area contributed by atoms with Gasteiger partial charge >= 0.3 is 0 Å². The molecule has 0 unspecified atom stereocenters. The summed E-state index contributed by atoms with van der Waals surface area (Å²) >= 11 is 8.59. The topological polar surface area (TPSA) is 82.4 Å². The Kier molecular flexibility index (Phi) is 5.39. The summed E-state index contributed by atoms with van der Waals surface area (Å²) in [6.07, 6.45) is 2.34. The van der Waals surface area contributed by atoms with Crippen LogP contribution in [0, 0.1) is 4.77 Å². The Balaban J connectivity index is 1.91. The van der Waals surface area contributed by atoms with Crippen molar-refractivity contribution < 1.29 is 5.11 Å². The molecule has 6 nitrogen and oxygen atoms in total. The molecule has 0 aliphatic carbocycles. The Labute approximate surface area is 158 Å². The summed E-state index contributed by atoms with van der Waals surface area (Å²) in [6, 6.07) is 7.89. The van der Waals surface area contributed by atoms with Gasteiger partial charge in [-0.3, -0.25) is 14.3 Å². The maximum absolute atomic E-state index is 12.4. The second-order valence-electron chi connectivity index (χ2n) is 5.96. The van der Waals surface area contributed by atoms with Gasteiger partial charge in [0.2, 0.25) is 5.88 Å². The molecule has 1 aliphatic rings. The van der Waals surface area contributed by atoms with E-state index in [2.05, 4.69) is 38.4 Å². The molecule has 2 aromatic rings. The van der Waals surface area contributed by atoms with E-state index in [1.165, 1.54) is 0 Å². The number of hydrogen-bond acceptors (Lipinski definition) is 5. The van der Waals surface area contributed by atoms with Gasteiger partial charge in [0.15, 0.2) is 4.77 Å². The highest BCUT2D eigenvalue weighted by Gasteiger charge is 2.26. The molecule has 1 aromatic carbocycles. The number of benzene rings is 1. The lowest BCUT2D eigenvalue weighted by atomic mass is 10.0. The Morgan fingerprint density at radius 2 is 2.12 bits per heavy atom. The van der Waals surface area contributed by atoms with Crippen LogP contribution in [-0.4, -0.2) is 20.4 Å². The molecule has 25 heavy (non-hydrogen) atoms. The molecular formula is C17H19BrN4O2S. The maximum Gasteiger partial charge on any atom is 0.264 e. The van der Waals surface area contributed by atoms with Crippen molar-refractivity contribution in [1.82, 2.24) is 15.0 Å². The zero-order valence-corrected chi connectivity index (χ0v) is 16.2. The molecule has 0 spiro atoms. The normalized spacial score (nSPS) is 16.6. The van der Waals surface area contributed by atoms with Gasteiger partial charge in [0, 0.05) is 17.4 Å². The summed E-state index contributed by atoms with van der Waals surface area (Å²) in [6.45, 7) is 2.61. The molecular weight excluding hydrogens is 404 g/mol. The lowest BCUT2D eigenvalue weighted by Crippen LogP contribution is -2.22. The summed E-state index contributed by atoms with van der Waals surface area (Å²) in [5.74, 6) is -0.112. The molecule has 1 aromatic heterocycles. The molecule has 132 valence electrons. The quantitative estimate of drug-likeness (QED) is 0.642. The Bertz CT molecular complexity index is 918. The van der Waals surface area contributed by atoms with E-state index in [1.54, 1.807) is 4.57 Å².